The highest BCUT2D eigenvalue weighted by atomic mass is 16.6. The van der Waals surface area contributed by atoms with Crippen molar-refractivity contribution in [2.24, 2.45) is 5.92 Å². The summed E-state index contributed by atoms with van der Waals surface area (Å²) in [5.41, 5.74) is 1.62. The molecule has 1 unspecified atom stereocenters. The van der Waals surface area contributed by atoms with Gasteiger partial charge in [-0.05, 0) is 31.0 Å². The monoisotopic (exact) mass is 329 g/mol. The minimum atomic E-state index is -0.534. The second-order valence-corrected chi connectivity index (χ2v) is 5.54. The molecule has 0 spiro atoms. The molecule has 1 amide bonds. The molecule has 1 atom stereocenters. The van der Waals surface area contributed by atoms with E-state index in [2.05, 4.69) is 10.3 Å². The van der Waals surface area contributed by atoms with Gasteiger partial charge in [0.2, 0.25) is 0 Å². The average molecular weight is 329 g/mol. The zero-order valence-corrected chi connectivity index (χ0v) is 13.3. The number of nitrogens with zero attached hydrogens (tertiary/aromatic N) is 2. The molecule has 2 N–H and O–H groups in total. The van der Waals surface area contributed by atoms with Crippen LogP contribution in [0.15, 0.2) is 42.6 Å². The van der Waals surface area contributed by atoms with E-state index in [1.54, 1.807) is 19.2 Å². The summed E-state index contributed by atoms with van der Waals surface area (Å²) < 4.78 is 0. The van der Waals surface area contributed by atoms with E-state index in [-0.39, 0.29) is 30.3 Å². The van der Waals surface area contributed by atoms with Crippen LogP contribution in [0, 0.1) is 23.0 Å². The smallest absolute Gasteiger partial charge is 0.270 e. The third kappa shape index (κ3) is 4.60. The topological polar surface area (TPSA) is 105 Å². The number of carbonyl (C=O) groups is 1. The van der Waals surface area contributed by atoms with Crippen LogP contribution in [0.1, 0.15) is 21.6 Å². The molecule has 0 aliphatic carbocycles. The summed E-state index contributed by atoms with van der Waals surface area (Å²) in [6.07, 6.45) is 2.21. The van der Waals surface area contributed by atoms with Crippen molar-refractivity contribution in [1.29, 1.82) is 0 Å². The summed E-state index contributed by atoms with van der Waals surface area (Å²) in [7, 11) is 0. The first-order valence-electron chi connectivity index (χ1n) is 7.55. The van der Waals surface area contributed by atoms with Gasteiger partial charge in [0, 0.05) is 48.7 Å². The summed E-state index contributed by atoms with van der Waals surface area (Å²) in [6.45, 7) is 1.88. The normalized spacial score (nSPS) is 11.8. The number of nitrogens with one attached hydrogen (secondary N) is 1. The van der Waals surface area contributed by atoms with Gasteiger partial charge in [0.15, 0.2) is 0 Å². The number of aromatic nitrogens is 1. The zero-order valence-electron chi connectivity index (χ0n) is 13.3. The second kappa shape index (κ2) is 8.16. The van der Waals surface area contributed by atoms with Crippen molar-refractivity contribution in [1.82, 2.24) is 10.3 Å². The van der Waals surface area contributed by atoms with Crippen LogP contribution in [0.25, 0.3) is 0 Å². The van der Waals surface area contributed by atoms with Crippen LogP contribution in [0.2, 0.25) is 0 Å². The minimum absolute atomic E-state index is 0.0925. The Morgan fingerprint density at radius 3 is 2.79 bits per heavy atom. The van der Waals surface area contributed by atoms with Crippen molar-refractivity contribution in [3.63, 3.8) is 0 Å². The Labute approximate surface area is 139 Å². The number of aryl methyl sites for hydroxylation is 1. The molecule has 0 radical (unpaired) electrons. The zero-order chi connectivity index (χ0) is 17.5. The molecule has 1 aromatic carbocycles. The molecular weight excluding hydrogens is 310 g/mol. The van der Waals surface area contributed by atoms with E-state index in [1.807, 2.05) is 18.2 Å². The van der Waals surface area contributed by atoms with Gasteiger partial charge in [-0.2, -0.15) is 0 Å². The summed E-state index contributed by atoms with van der Waals surface area (Å²) in [4.78, 5) is 26.8. The predicted molar refractivity (Wildman–Crippen MR) is 88.7 cm³/mol. The van der Waals surface area contributed by atoms with Crippen molar-refractivity contribution in [3.8, 4) is 0 Å². The third-order valence-corrected chi connectivity index (χ3v) is 3.71. The largest absolute Gasteiger partial charge is 0.396 e. The maximum atomic E-state index is 12.3. The molecule has 0 fully saturated rings. The number of benzene rings is 1. The number of hydrogen-bond donors (Lipinski definition) is 2. The maximum absolute atomic E-state index is 12.3. The van der Waals surface area contributed by atoms with Gasteiger partial charge in [-0.1, -0.05) is 12.1 Å². The van der Waals surface area contributed by atoms with Crippen LogP contribution >= 0.6 is 0 Å². The Hall–Kier alpha value is -2.80. The molecule has 126 valence electrons. The fraction of sp³-hybridized carbons (Fsp3) is 0.294. The standard InChI is InChI=1S/C17H19N3O4/c1-12-5-6-15(20(23)24)9-16(12)17(22)19-10-13(11-21)8-14-4-2-3-7-18-14/h2-7,9,13,21H,8,10-11H2,1H3,(H,19,22). The van der Waals surface area contributed by atoms with E-state index in [1.165, 1.54) is 12.1 Å². The number of nitro groups is 1. The Bertz CT molecular complexity index is 719. The van der Waals surface area contributed by atoms with E-state index in [9.17, 15) is 20.0 Å². The maximum Gasteiger partial charge on any atom is 0.270 e. The molecule has 7 nitrogen and oxygen atoms in total. The summed E-state index contributed by atoms with van der Waals surface area (Å²) in [5, 5.41) is 23.0. The van der Waals surface area contributed by atoms with Gasteiger partial charge in [-0.3, -0.25) is 19.9 Å². The predicted octanol–water partition coefficient (Wildman–Crippen LogP) is 1.88. The highest BCUT2D eigenvalue weighted by Crippen LogP contribution is 2.17. The Balaban J connectivity index is 2.01. The van der Waals surface area contributed by atoms with Crippen LogP contribution in [-0.4, -0.2) is 34.1 Å². The quantitative estimate of drug-likeness (QED) is 0.596. The molecule has 2 rings (SSSR count). The average Bonchev–Trinajstić information content (AvgIpc) is 2.59. The van der Waals surface area contributed by atoms with Gasteiger partial charge in [0.05, 0.1) is 4.92 Å². The van der Waals surface area contributed by atoms with Crippen molar-refractivity contribution < 1.29 is 14.8 Å². The first kappa shape index (κ1) is 17.6. The number of hydrogen-bond acceptors (Lipinski definition) is 5. The number of nitro benzene ring substituents is 1. The number of aliphatic hydroxyl groups excluding tert-OH is 1. The van der Waals surface area contributed by atoms with Crippen LogP contribution in [0.3, 0.4) is 0 Å². The molecule has 0 aliphatic rings. The highest BCUT2D eigenvalue weighted by Gasteiger charge is 2.16. The molecule has 0 saturated heterocycles. The Morgan fingerprint density at radius 2 is 2.17 bits per heavy atom. The van der Waals surface area contributed by atoms with E-state index in [4.69, 9.17) is 0 Å². The summed E-state index contributed by atoms with van der Waals surface area (Å²) in [6, 6.07) is 9.70. The van der Waals surface area contributed by atoms with E-state index >= 15 is 0 Å². The van der Waals surface area contributed by atoms with Gasteiger partial charge in [-0.25, -0.2) is 0 Å². The number of amides is 1. The Kier molecular flexibility index (Phi) is 5.97. The summed E-state index contributed by atoms with van der Waals surface area (Å²) in [5.74, 6) is -0.571. The van der Waals surface area contributed by atoms with E-state index in [0.717, 1.165) is 5.69 Å². The lowest BCUT2D eigenvalue weighted by Gasteiger charge is -2.15. The lowest BCUT2D eigenvalue weighted by Crippen LogP contribution is -2.32. The second-order valence-electron chi connectivity index (χ2n) is 5.54. The molecule has 24 heavy (non-hydrogen) atoms. The SMILES string of the molecule is Cc1ccc([N+](=O)[O-])cc1C(=O)NCC(CO)Cc1ccccn1. The van der Waals surface area contributed by atoms with Gasteiger partial charge in [0.1, 0.15) is 0 Å². The van der Waals surface area contributed by atoms with Gasteiger partial charge in [-0.15, -0.1) is 0 Å². The molecular formula is C17H19N3O4. The van der Waals surface area contributed by atoms with Crippen LogP contribution in [-0.2, 0) is 6.42 Å². The molecule has 0 saturated carbocycles. The molecule has 1 heterocycles. The van der Waals surface area contributed by atoms with Crippen molar-refractivity contribution in [2.75, 3.05) is 13.2 Å². The van der Waals surface area contributed by atoms with E-state index < -0.39 is 10.8 Å². The van der Waals surface area contributed by atoms with Crippen LogP contribution < -0.4 is 5.32 Å². The number of pyridine rings is 1. The third-order valence-electron chi connectivity index (χ3n) is 3.71. The van der Waals surface area contributed by atoms with Crippen LogP contribution in [0.4, 0.5) is 5.69 Å². The molecule has 7 heteroatoms. The number of non-ortho nitro benzene ring substituents is 1. The molecule has 0 aliphatic heterocycles. The number of rotatable bonds is 7. The first-order chi connectivity index (χ1) is 11.5. The minimum Gasteiger partial charge on any atom is -0.396 e. The Morgan fingerprint density at radius 1 is 1.38 bits per heavy atom. The lowest BCUT2D eigenvalue weighted by molar-refractivity contribution is -0.384. The summed E-state index contributed by atoms with van der Waals surface area (Å²) >= 11 is 0. The molecule has 1 aromatic heterocycles. The molecule has 2 aromatic rings. The van der Waals surface area contributed by atoms with Crippen LogP contribution in [0.5, 0.6) is 0 Å². The van der Waals surface area contributed by atoms with Gasteiger partial charge < -0.3 is 10.4 Å². The van der Waals surface area contributed by atoms with Crippen molar-refractivity contribution >= 4 is 11.6 Å². The van der Waals surface area contributed by atoms with Crippen molar-refractivity contribution in [3.05, 3.63) is 69.5 Å². The fourth-order valence-corrected chi connectivity index (χ4v) is 2.32. The number of carbonyl (C=O) groups excluding carboxylic acids is 1. The fourth-order valence-electron chi connectivity index (χ4n) is 2.32. The van der Waals surface area contributed by atoms with Gasteiger partial charge in [0.25, 0.3) is 11.6 Å². The molecule has 0 bridgehead atoms. The van der Waals surface area contributed by atoms with Gasteiger partial charge >= 0.3 is 0 Å². The highest BCUT2D eigenvalue weighted by molar-refractivity contribution is 5.96. The number of aliphatic hydroxyl groups is 1. The van der Waals surface area contributed by atoms with Crippen molar-refractivity contribution in [2.45, 2.75) is 13.3 Å². The van der Waals surface area contributed by atoms with E-state index in [0.29, 0.717) is 12.0 Å². The first-order valence-corrected chi connectivity index (χ1v) is 7.55. The lowest BCUT2D eigenvalue weighted by atomic mass is 10.0.